The second-order valence-electron chi connectivity index (χ2n) is 6.49. The number of esters is 1. The number of benzene rings is 1. The van der Waals surface area contributed by atoms with Crippen LogP contribution in [0.5, 0.6) is 0 Å². The molecule has 0 saturated carbocycles. The van der Waals surface area contributed by atoms with Crippen LogP contribution in [0, 0.1) is 5.92 Å². The highest BCUT2D eigenvalue weighted by molar-refractivity contribution is 7.91. The van der Waals surface area contributed by atoms with Gasteiger partial charge in [0.1, 0.15) is 0 Å². The summed E-state index contributed by atoms with van der Waals surface area (Å²) >= 11 is 0. The van der Waals surface area contributed by atoms with Gasteiger partial charge in [-0.3, -0.25) is 9.59 Å². The molecule has 7 heteroatoms. The molecule has 0 unspecified atom stereocenters. The first kappa shape index (κ1) is 23.0. The number of ketones is 1. The van der Waals surface area contributed by atoms with Crippen LogP contribution < -0.4 is 0 Å². The van der Waals surface area contributed by atoms with E-state index in [1.165, 1.54) is 25.1 Å². The van der Waals surface area contributed by atoms with Crippen LogP contribution in [0.3, 0.4) is 0 Å². The number of carbonyl (C=O) groups excluding carboxylic acids is 2. The molecule has 0 fully saturated rings. The molecule has 27 heavy (non-hydrogen) atoms. The molecule has 1 aromatic rings. The Morgan fingerprint density at radius 3 is 2.41 bits per heavy atom. The summed E-state index contributed by atoms with van der Waals surface area (Å²) in [6, 6.07) is 8.03. The van der Waals surface area contributed by atoms with Gasteiger partial charge in [0.2, 0.25) is 0 Å². The lowest BCUT2D eigenvalue weighted by Crippen LogP contribution is -2.19. The first-order chi connectivity index (χ1) is 12.7. The lowest BCUT2D eigenvalue weighted by Gasteiger charge is -2.13. The number of carbonyl (C=O) groups is 2. The summed E-state index contributed by atoms with van der Waals surface area (Å²) in [6.07, 6.45) is 1.09. The van der Waals surface area contributed by atoms with Crippen LogP contribution in [0.1, 0.15) is 40.0 Å². The highest BCUT2D eigenvalue weighted by Gasteiger charge is 2.19. The third-order valence-electron chi connectivity index (χ3n) is 4.19. The highest BCUT2D eigenvalue weighted by Crippen LogP contribution is 2.15. The van der Waals surface area contributed by atoms with Crippen molar-refractivity contribution in [3.8, 4) is 0 Å². The van der Waals surface area contributed by atoms with Crippen LogP contribution in [-0.4, -0.2) is 43.7 Å². The minimum Gasteiger partial charge on any atom is -0.466 e. The Morgan fingerprint density at radius 2 is 1.81 bits per heavy atom. The molecule has 0 amide bonds. The fourth-order valence-corrected chi connectivity index (χ4v) is 3.63. The van der Waals surface area contributed by atoms with Crippen molar-refractivity contribution in [1.82, 2.24) is 0 Å². The van der Waals surface area contributed by atoms with Crippen LogP contribution in [0.2, 0.25) is 0 Å². The summed E-state index contributed by atoms with van der Waals surface area (Å²) < 4.78 is 29.4. The van der Waals surface area contributed by atoms with Crippen molar-refractivity contribution in [2.75, 3.05) is 12.4 Å². The van der Waals surface area contributed by atoms with Crippen LogP contribution in [0.15, 0.2) is 46.9 Å². The fraction of sp³-hybridized carbons (Fsp3) is 0.500. The molecule has 0 radical (unpaired) electrons. The SMILES string of the molecule is CCOC(=O)[C@H](C)CC[C@H](O)CC(=O)/C(C)=C/CS(=O)(=O)c1ccccc1. The summed E-state index contributed by atoms with van der Waals surface area (Å²) in [6.45, 7) is 5.29. The minimum atomic E-state index is -3.50. The molecule has 1 rings (SSSR count). The van der Waals surface area contributed by atoms with E-state index < -0.39 is 15.9 Å². The molecule has 1 aromatic carbocycles. The molecule has 0 aliphatic heterocycles. The van der Waals surface area contributed by atoms with Crippen molar-refractivity contribution in [1.29, 1.82) is 0 Å². The second-order valence-corrected chi connectivity index (χ2v) is 8.53. The van der Waals surface area contributed by atoms with Crippen LogP contribution >= 0.6 is 0 Å². The molecular formula is C20H28O6S. The first-order valence-electron chi connectivity index (χ1n) is 8.99. The van der Waals surface area contributed by atoms with E-state index in [1.807, 2.05) is 0 Å². The number of Topliss-reactive ketones (excluding diaryl/α,β-unsaturated/α-hetero) is 1. The summed E-state index contributed by atoms with van der Waals surface area (Å²) in [5.74, 6) is -1.25. The predicted molar refractivity (Wildman–Crippen MR) is 103 cm³/mol. The van der Waals surface area contributed by atoms with E-state index in [0.717, 1.165) is 0 Å². The molecule has 0 heterocycles. The molecule has 0 aromatic heterocycles. The summed E-state index contributed by atoms with van der Waals surface area (Å²) in [4.78, 5) is 23.9. The van der Waals surface area contributed by atoms with Gasteiger partial charge < -0.3 is 9.84 Å². The number of hydrogen-bond donors (Lipinski definition) is 1. The van der Waals surface area contributed by atoms with E-state index in [0.29, 0.717) is 25.0 Å². The summed E-state index contributed by atoms with van der Waals surface area (Å²) in [5.41, 5.74) is 0.298. The quantitative estimate of drug-likeness (QED) is 0.456. The maximum absolute atomic E-state index is 12.2. The molecule has 0 aliphatic rings. The average molecular weight is 397 g/mol. The van der Waals surface area contributed by atoms with Gasteiger partial charge in [0.15, 0.2) is 15.6 Å². The van der Waals surface area contributed by atoms with E-state index in [-0.39, 0.29) is 34.7 Å². The van der Waals surface area contributed by atoms with Crippen molar-refractivity contribution >= 4 is 21.6 Å². The number of sulfone groups is 1. The normalized spacial score (nSPS) is 14.4. The zero-order valence-corrected chi connectivity index (χ0v) is 16.9. The molecule has 0 saturated heterocycles. The van der Waals surface area contributed by atoms with Crippen LogP contribution in [-0.2, 0) is 24.2 Å². The van der Waals surface area contributed by atoms with Gasteiger partial charge in [-0.15, -0.1) is 0 Å². The van der Waals surface area contributed by atoms with Gasteiger partial charge >= 0.3 is 5.97 Å². The second kappa shape index (κ2) is 11.0. The van der Waals surface area contributed by atoms with Gasteiger partial charge in [-0.05, 0) is 44.4 Å². The molecule has 0 spiro atoms. The zero-order chi connectivity index (χ0) is 20.4. The van der Waals surface area contributed by atoms with Gasteiger partial charge in [0.25, 0.3) is 0 Å². The summed E-state index contributed by atoms with van der Waals surface area (Å²) in [5, 5.41) is 10.0. The number of hydrogen-bond acceptors (Lipinski definition) is 6. The van der Waals surface area contributed by atoms with E-state index in [4.69, 9.17) is 4.74 Å². The van der Waals surface area contributed by atoms with E-state index in [9.17, 15) is 23.1 Å². The Hall–Kier alpha value is -1.99. The lowest BCUT2D eigenvalue weighted by atomic mass is 9.98. The largest absolute Gasteiger partial charge is 0.466 e. The van der Waals surface area contributed by atoms with Crippen LogP contribution in [0.4, 0.5) is 0 Å². The van der Waals surface area contributed by atoms with Gasteiger partial charge in [-0.2, -0.15) is 0 Å². The Kier molecular flexibility index (Phi) is 9.38. The molecule has 0 bridgehead atoms. The number of ether oxygens (including phenoxy) is 1. The van der Waals surface area contributed by atoms with Gasteiger partial charge in [0, 0.05) is 6.42 Å². The van der Waals surface area contributed by atoms with Crippen molar-refractivity contribution in [3.63, 3.8) is 0 Å². The van der Waals surface area contributed by atoms with E-state index in [2.05, 4.69) is 0 Å². The lowest BCUT2D eigenvalue weighted by molar-refractivity contribution is -0.147. The third kappa shape index (κ3) is 8.05. The Labute approximate surface area is 161 Å². The van der Waals surface area contributed by atoms with Crippen molar-refractivity contribution in [2.45, 2.75) is 51.0 Å². The summed E-state index contributed by atoms with van der Waals surface area (Å²) in [7, 11) is -3.50. The number of aliphatic hydroxyl groups is 1. The van der Waals surface area contributed by atoms with E-state index in [1.54, 1.807) is 32.0 Å². The molecule has 6 nitrogen and oxygen atoms in total. The highest BCUT2D eigenvalue weighted by atomic mass is 32.2. The maximum Gasteiger partial charge on any atom is 0.308 e. The molecular weight excluding hydrogens is 368 g/mol. The first-order valence-corrected chi connectivity index (χ1v) is 10.6. The number of allylic oxidation sites excluding steroid dienone is 1. The molecule has 2 atom stereocenters. The Morgan fingerprint density at radius 1 is 1.19 bits per heavy atom. The monoisotopic (exact) mass is 396 g/mol. The van der Waals surface area contributed by atoms with Crippen molar-refractivity contribution in [2.24, 2.45) is 5.92 Å². The minimum absolute atomic E-state index is 0.108. The third-order valence-corrected chi connectivity index (χ3v) is 5.79. The maximum atomic E-state index is 12.2. The van der Waals surface area contributed by atoms with Crippen molar-refractivity contribution in [3.05, 3.63) is 42.0 Å². The number of aliphatic hydroxyl groups excluding tert-OH is 1. The van der Waals surface area contributed by atoms with Gasteiger partial charge in [-0.1, -0.05) is 31.2 Å². The van der Waals surface area contributed by atoms with Crippen LogP contribution in [0.25, 0.3) is 0 Å². The topological polar surface area (TPSA) is 97.7 Å². The molecule has 0 aliphatic carbocycles. The smallest absolute Gasteiger partial charge is 0.308 e. The Balaban J connectivity index is 2.53. The fourth-order valence-electron chi connectivity index (χ4n) is 2.39. The number of rotatable bonds is 11. The predicted octanol–water partition coefficient (Wildman–Crippen LogP) is 2.71. The zero-order valence-electron chi connectivity index (χ0n) is 16.1. The van der Waals surface area contributed by atoms with Gasteiger partial charge in [0.05, 0.1) is 29.3 Å². The Bertz CT molecular complexity index is 752. The van der Waals surface area contributed by atoms with E-state index >= 15 is 0 Å². The van der Waals surface area contributed by atoms with Gasteiger partial charge in [-0.25, -0.2) is 8.42 Å². The van der Waals surface area contributed by atoms with Crippen molar-refractivity contribution < 1.29 is 27.9 Å². The molecule has 1 N–H and O–H groups in total. The molecule has 150 valence electrons. The standard InChI is InChI=1S/C20H28O6S/c1-4-26-20(23)16(3)10-11-17(21)14-19(22)15(2)12-13-27(24,25)18-8-6-5-7-9-18/h5-9,12,16-17,21H,4,10-11,13-14H2,1-3H3/b15-12+/t16-,17+/m1/s1. The average Bonchev–Trinajstić information content (AvgIpc) is 2.65.